The average Bonchev–Trinajstić information content (AvgIpc) is 1.84. The van der Waals surface area contributed by atoms with Gasteiger partial charge in [0.25, 0.3) is 0 Å². The zero-order chi connectivity index (χ0) is 9.56. The first-order valence-electron chi connectivity index (χ1n) is 3.75. The van der Waals surface area contributed by atoms with Gasteiger partial charge in [-0.2, -0.15) is 0 Å². The van der Waals surface area contributed by atoms with Crippen LogP contribution in [0.3, 0.4) is 0 Å². The van der Waals surface area contributed by atoms with E-state index in [0.29, 0.717) is 31.7 Å². The minimum atomic E-state index is -0.310. The molecule has 2 amide bonds. The maximum absolute atomic E-state index is 10.8. The molecule has 0 aromatic rings. The van der Waals surface area contributed by atoms with E-state index in [9.17, 15) is 9.59 Å². The second-order valence-corrected chi connectivity index (χ2v) is 4.62. The molecule has 0 aromatic carbocycles. The van der Waals surface area contributed by atoms with Crippen molar-refractivity contribution in [3.05, 3.63) is 12.2 Å². The molecular formula is C8H12NO2Pb. The van der Waals surface area contributed by atoms with Crippen LogP contribution in [-0.2, 0) is 4.79 Å². The van der Waals surface area contributed by atoms with Gasteiger partial charge in [-0.1, -0.05) is 0 Å². The Morgan fingerprint density at radius 2 is 2.08 bits per heavy atom. The fourth-order valence-corrected chi connectivity index (χ4v) is 1.08. The topological polar surface area (TPSA) is 46.2 Å². The van der Waals surface area contributed by atoms with Crippen LogP contribution >= 0.6 is 0 Å². The van der Waals surface area contributed by atoms with E-state index in [1.165, 1.54) is 6.08 Å². The van der Waals surface area contributed by atoms with Gasteiger partial charge in [-0.25, -0.2) is 0 Å². The first kappa shape index (κ1) is 11.8. The van der Waals surface area contributed by atoms with Crippen LogP contribution in [0.2, 0.25) is 0 Å². The molecular weight excluding hydrogens is 349 g/mol. The first-order valence-corrected chi connectivity index (χ1v) is 5.70. The fraction of sp³-hybridized carbons (Fsp3) is 0.500. The van der Waals surface area contributed by atoms with Gasteiger partial charge in [-0.15, -0.1) is 0 Å². The van der Waals surface area contributed by atoms with E-state index in [-0.39, 0.29) is 9.37 Å². The Morgan fingerprint density at radius 1 is 1.50 bits per heavy atom. The molecule has 0 fully saturated rings. The van der Waals surface area contributed by atoms with Crippen molar-refractivity contribution in [3.63, 3.8) is 0 Å². The summed E-state index contributed by atoms with van der Waals surface area (Å²) in [5, 5.41) is 2.21. The number of carbonyl (C=O) groups is 2. The molecule has 0 aliphatic rings. The van der Waals surface area contributed by atoms with Gasteiger partial charge in [-0.05, 0) is 0 Å². The van der Waals surface area contributed by atoms with Gasteiger partial charge < -0.3 is 0 Å². The molecule has 0 aromatic heterocycles. The predicted octanol–water partition coefficient (Wildman–Crippen LogP) is 0.993. The summed E-state index contributed by atoms with van der Waals surface area (Å²) < 4.78 is -0.186. The van der Waals surface area contributed by atoms with E-state index in [1.807, 2.05) is 0 Å². The van der Waals surface area contributed by atoms with Crippen molar-refractivity contribution in [3.8, 4) is 0 Å². The van der Waals surface area contributed by atoms with Gasteiger partial charge in [0, 0.05) is 0 Å². The molecule has 0 aliphatic heterocycles. The van der Waals surface area contributed by atoms with Gasteiger partial charge in [0.15, 0.2) is 0 Å². The van der Waals surface area contributed by atoms with Gasteiger partial charge in [0.2, 0.25) is 0 Å². The van der Waals surface area contributed by atoms with E-state index in [2.05, 4.69) is 19.2 Å². The molecule has 0 aliphatic carbocycles. The van der Waals surface area contributed by atoms with E-state index >= 15 is 0 Å². The van der Waals surface area contributed by atoms with Crippen LogP contribution in [0, 0.1) is 5.92 Å². The molecule has 0 saturated carbocycles. The number of amides is 2. The van der Waals surface area contributed by atoms with Gasteiger partial charge in [0.05, 0.1) is 0 Å². The van der Waals surface area contributed by atoms with Crippen molar-refractivity contribution >= 4 is 35.1 Å². The van der Waals surface area contributed by atoms with Crippen molar-refractivity contribution in [2.75, 3.05) is 0 Å². The summed E-state index contributed by atoms with van der Waals surface area (Å²) in [6, 6.07) is 0. The Balaban J connectivity index is 3.68. The van der Waals surface area contributed by atoms with E-state index in [4.69, 9.17) is 0 Å². The SMILES string of the molecule is CC(C)C/C=C/C(=O)N[C](=O)[Pb]. The summed E-state index contributed by atoms with van der Waals surface area (Å²) in [5.41, 5.74) is 0. The number of hydrogen-bond acceptors (Lipinski definition) is 2. The molecule has 3 radical (unpaired) electrons. The van der Waals surface area contributed by atoms with Crippen molar-refractivity contribution in [1.29, 1.82) is 0 Å². The van der Waals surface area contributed by atoms with Crippen molar-refractivity contribution in [2.24, 2.45) is 5.92 Å². The van der Waals surface area contributed by atoms with Crippen LogP contribution in [0.15, 0.2) is 12.2 Å². The van der Waals surface area contributed by atoms with E-state index < -0.39 is 0 Å². The monoisotopic (exact) mass is 362 g/mol. The van der Waals surface area contributed by atoms with Crippen LogP contribution in [0.25, 0.3) is 0 Å². The Labute approximate surface area is 88.3 Å². The van der Waals surface area contributed by atoms with Gasteiger partial charge in [0.1, 0.15) is 0 Å². The molecule has 65 valence electrons. The molecule has 4 heteroatoms. The second kappa shape index (κ2) is 6.33. The summed E-state index contributed by atoms with van der Waals surface area (Å²) in [5.74, 6) is 0.233. The summed E-state index contributed by atoms with van der Waals surface area (Å²) in [4.78, 5) is 21.3. The normalized spacial score (nSPS) is 10.7. The van der Waals surface area contributed by atoms with Crippen molar-refractivity contribution in [1.82, 2.24) is 5.32 Å². The number of carbonyl (C=O) groups excluding carboxylic acids is 2. The van der Waals surface area contributed by atoms with Crippen molar-refractivity contribution in [2.45, 2.75) is 20.3 Å². The molecule has 12 heavy (non-hydrogen) atoms. The average molecular weight is 361 g/mol. The molecule has 0 atom stereocenters. The Bertz CT molecular complexity index is 199. The zero-order valence-electron chi connectivity index (χ0n) is 7.26. The van der Waals surface area contributed by atoms with Gasteiger partial charge in [-0.3, -0.25) is 0 Å². The third-order valence-electron chi connectivity index (χ3n) is 1.11. The van der Waals surface area contributed by atoms with Crippen LogP contribution < -0.4 is 5.32 Å². The maximum atomic E-state index is 10.8. The summed E-state index contributed by atoms with van der Waals surface area (Å²) in [6.07, 6.45) is 4.06. The van der Waals surface area contributed by atoms with Crippen molar-refractivity contribution < 1.29 is 9.59 Å². The molecule has 1 N–H and O–H groups in total. The predicted molar refractivity (Wildman–Crippen MR) is 47.9 cm³/mol. The number of nitrogens with one attached hydrogen (secondary N) is 1. The number of allylic oxidation sites excluding steroid dienone is 1. The molecule has 0 bridgehead atoms. The van der Waals surface area contributed by atoms with Crippen LogP contribution in [-0.4, -0.2) is 35.1 Å². The van der Waals surface area contributed by atoms with E-state index in [1.54, 1.807) is 6.08 Å². The molecule has 0 saturated heterocycles. The standard InChI is InChI=1S/C8H12NO2.Pb/c1-7(2)4-3-5-8(11)9-6-10;/h3,5,7H,4H2,1-2H3,(H,9,10,11);/b5-3+;. The quantitative estimate of drug-likeness (QED) is 0.602. The van der Waals surface area contributed by atoms with Crippen LogP contribution in [0.4, 0.5) is 4.79 Å². The van der Waals surface area contributed by atoms with Crippen LogP contribution in [0.5, 0.6) is 0 Å². The summed E-state index contributed by atoms with van der Waals surface area (Å²) in [6.45, 7) is 4.14. The second-order valence-electron chi connectivity index (χ2n) is 2.85. The summed E-state index contributed by atoms with van der Waals surface area (Å²) in [7, 11) is 0. The van der Waals surface area contributed by atoms with E-state index in [0.717, 1.165) is 6.42 Å². The zero-order valence-corrected chi connectivity index (χ0v) is 11.1. The number of rotatable bonds is 3. The molecule has 0 heterocycles. The molecule has 0 rings (SSSR count). The Hall–Kier alpha value is -0.198. The third kappa shape index (κ3) is 7.90. The Kier molecular flexibility index (Phi) is 6.23. The first-order chi connectivity index (χ1) is 5.52. The molecule has 0 unspecified atom stereocenters. The molecule has 3 nitrogen and oxygen atoms in total. The van der Waals surface area contributed by atoms with Crippen LogP contribution in [0.1, 0.15) is 20.3 Å². The van der Waals surface area contributed by atoms with Gasteiger partial charge >= 0.3 is 88.4 Å². The number of hydrogen-bond donors (Lipinski definition) is 1. The fourth-order valence-electron chi connectivity index (χ4n) is 0.601. The third-order valence-corrected chi connectivity index (χ3v) is 1.60. The Morgan fingerprint density at radius 3 is 2.50 bits per heavy atom. The number of imide groups is 1. The minimum absolute atomic E-state index is 0.186. The summed E-state index contributed by atoms with van der Waals surface area (Å²) >= 11 is 0.367. The molecule has 0 spiro atoms.